The normalized spacial score (nSPS) is 10.1. The SMILES string of the molecule is O=[N+]([O-])c1cccc(Sc2cccc(O)c2)c1. The summed E-state index contributed by atoms with van der Waals surface area (Å²) in [5, 5.41) is 19.9. The van der Waals surface area contributed by atoms with Crippen molar-refractivity contribution in [2.24, 2.45) is 0 Å². The highest BCUT2D eigenvalue weighted by Gasteiger charge is 2.06. The van der Waals surface area contributed by atoms with Gasteiger partial charge in [0, 0.05) is 21.9 Å². The van der Waals surface area contributed by atoms with Crippen LogP contribution in [0.5, 0.6) is 5.75 Å². The molecule has 0 amide bonds. The molecule has 1 N–H and O–H groups in total. The summed E-state index contributed by atoms with van der Waals surface area (Å²) in [5.41, 5.74) is 0.0650. The molecule has 4 nitrogen and oxygen atoms in total. The van der Waals surface area contributed by atoms with Crippen molar-refractivity contribution in [2.75, 3.05) is 0 Å². The minimum absolute atomic E-state index is 0.0650. The van der Waals surface area contributed by atoms with E-state index in [-0.39, 0.29) is 11.4 Å². The number of aromatic hydroxyl groups is 1. The molecule has 5 heteroatoms. The number of rotatable bonds is 3. The highest BCUT2D eigenvalue weighted by atomic mass is 32.2. The summed E-state index contributed by atoms with van der Waals surface area (Å²) in [5.74, 6) is 0.181. The molecule has 0 heterocycles. The number of hydrogen-bond acceptors (Lipinski definition) is 4. The van der Waals surface area contributed by atoms with E-state index in [0.717, 1.165) is 9.79 Å². The zero-order valence-corrected chi connectivity index (χ0v) is 9.55. The Morgan fingerprint density at radius 1 is 1.06 bits per heavy atom. The molecule has 0 aromatic heterocycles. The molecular formula is C12H9NO3S. The predicted molar refractivity (Wildman–Crippen MR) is 65.3 cm³/mol. The summed E-state index contributed by atoms with van der Waals surface area (Å²) in [6.07, 6.45) is 0. The summed E-state index contributed by atoms with van der Waals surface area (Å²) in [4.78, 5) is 11.8. The van der Waals surface area contributed by atoms with E-state index in [9.17, 15) is 15.2 Å². The largest absolute Gasteiger partial charge is 0.508 e. The lowest BCUT2D eigenvalue weighted by Crippen LogP contribution is -1.87. The first kappa shape index (κ1) is 11.5. The Morgan fingerprint density at radius 3 is 2.35 bits per heavy atom. The molecule has 0 aliphatic carbocycles. The van der Waals surface area contributed by atoms with Crippen molar-refractivity contribution in [1.82, 2.24) is 0 Å². The number of benzene rings is 2. The van der Waals surface area contributed by atoms with E-state index in [2.05, 4.69) is 0 Å². The van der Waals surface area contributed by atoms with E-state index in [4.69, 9.17) is 0 Å². The van der Waals surface area contributed by atoms with Gasteiger partial charge in [0.2, 0.25) is 0 Å². The van der Waals surface area contributed by atoms with Crippen LogP contribution in [0.2, 0.25) is 0 Å². The van der Waals surface area contributed by atoms with Crippen molar-refractivity contribution in [3.8, 4) is 5.75 Å². The van der Waals surface area contributed by atoms with Crippen molar-refractivity contribution in [2.45, 2.75) is 9.79 Å². The first-order chi connectivity index (χ1) is 8.15. The van der Waals surface area contributed by atoms with E-state index < -0.39 is 4.92 Å². The third-order valence-electron chi connectivity index (χ3n) is 2.08. The minimum atomic E-state index is -0.424. The van der Waals surface area contributed by atoms with Gasteiger partial charge in [0.05, 0.1) is 4.92 Å². The molecule has 0 radical (unpaired) electrons. The van der Waals surface area contributed by atoms with E-state index in [1.54, 1.807) is 30.3 Å². The van der Waals surface area contributed by atoms with Gasteiger partial charge in [0.1, 0.15) is 5.75 Å². The maximum absolute atomic E-state index is 10.6. The molecule has 0 saturated heterocycles. The summed E-state index contributed by atoms with van der Waals surface area (Å²) in [6.45, 7) is 0. The van der Waals surface area contributed by atoms with Gasteiger partial charge in [-0.25, -0.2) is 0 Å². The Morgan fingerprint density at radius 2 is 1.71 bits per heavy atom. The quantitative estimate of drug-likeness (QED) is 0.666. The lowest BCUT2D eigenvalue weighted by Gasteiger charge is -2.01. The fourth-order valence-electron chi connectivity index (χ4n) is 1.34. The monoisotopic (exact) mass is 247 g/mol. The van der Waals surface area contributed by atoms with Crippen molar-refractivity contribution >= 4 is 17.4 Å². The Bertz CT molecular complexity index is 557. The highest BCUT2D eigenvalue weighted by Crippen LogP contribution is 2.31. The molecule has 2 aromatic carbocycles. The van der Waals surface area contributed by atoms with Gasteiger partial charge < -0.3 is 5.11 Å². The molecule has 0 aliphatic heterocycles. The smallest absolute Gasteiger partial charge is 0.270 e. The van der Waals surface area contributed by atoms with Crippen LogP contribution < -0.4 is 0 Å². The van der Waals surface area contributed by atoms with Crippen molar-refractivity contribution in [3.63, 3.8) is 0 Å². The van der Waals surface area contributed by atoms with Gasteiger partial charge in [-0.15, -0.1) is 0 Å². The molecule has 2 aromatic rings. The van der Waals surface area contributed by atoms with Crippen LogP contribution in [0.25, 0.3) is 0 Å². The minimum Gasteiger partial charge on any atom is -0.508 e. The molecule has 0 fully saturated rings. The van der Waals surface area contributed by atoms with Crippen molar-refractivity contribution < 1.29 is 10.0 Å². The maximum Gasteiger partial charge on any atom is 0.270 e. The second kappa shape index (κ2) is 4.88. The average Bonchev–Trinajstić information content (AvgIpc) is 2.29. The number of nitrogens with zero attached hydrogens (tertiary/aromatic N) is 1. The molecule has 0 bridgehead atoms. The molecular weight excluding hydrogens is 238 g/mol. The summed E-state index contributed by atoms with van der Waals surface area (Å²) in [7, 11) is 0. The lowest BCUT2D eigenvalue weighted by molar-refractivity contribution is -0.385. The zero-order chi connectivity index (χ0) is 12.3. The van der Waals surface area contributed by atoms with Gasteiger partial charge in [-0.2, -0.15) is 0 Å². The van der Waals surface area contributed by atoms with Gasteiger partial charge in [-0.1, -0.05) is 23.9 Å². The van der Waals surface area contributed by atoms with Crippen molar-refractivity contribution in [1.29, 1.82) is 0 Å². The second-order valence-corrected chi connectivity index (χ2v) is 4.50. The van der Waals surface area contributed by atoms with Gasteiger partial charge >= 0.3 is 0 Å². The second-order valence-electron chi connectivity index (χ2n) is 3.35. The number of phenolic OH excluding ortho intramolecular Hbond substituents is 1. The first-order valence-corrected chi connectivity index (χ1v) is 5.68. The number of hydrogen-bond donors (Lipinski definition) is 1. The molecule has 17 heavy (non-hydrogen) atoms. The topological polar surface area (TPSA) is 63.4 Å². The molecule has 86 valence electrons. The third-order valence-corrected chi connectivity index (χ3v) is 3.06. The predicted octanol–water partition coefficient (Wildman–Crippen LogP) is 3.45. The Labute approximate surface area is 102 Å². The average molecular weight is 247 g/mol. The van der Waals surface area contributed by atoms with E-state index >= 15 is 0 Å². The van der Waals surface area contributed by atoms with Gasteiger partial charge in [0.25, 0.3) is 5.69 Å². The third kappa shape index (κ3) is 2.98. The summed E-state index contributed by atoms with van der Waals surface area (Å²) < 4.78 is 0. The molecule has 2 rings (SSSR count). The summed E-state index contributed by atoms with van der Waals surface area (Å²) in [6, 6.07) is 13.2. The standard InChI is InChI=1S/C12H9NO3S/c14-10-4-2-6-12(8-10)17-11-5-1-3-9(7-11)13(15)16/h1-8,14H. The van der Waals surface area contributed by atoms with Gasteiger partial charge in [0.15, 0.2) is 0 Å². The molecule has 0 saturated carbocycles. The van der Waals surface area contributed by atoms with E-state index in [1.807, 2.05) is 6.07 Å². The van der Waals surface area contributed by atoms with E-state index in [0.29, 0.717) is 0 Å². The van der Waals surface area contributed by atoms with E-state index in [1.165, 1.54) is 23.9 Å². The Kier molecular flexibility index (Phi) is 3.30. The molecule has 0 spiro atoms. The van der Waals surface area contributed by atoms with Crippen LogP contribution in [0.15, 0.2) is 58.3 Å². The number of nitro benzene ring substituents is 1. The zero-order valence-electron chi connectivity index (χ0n) is 8.74. The van der Waals surface area contributed by atoms with Crippen LogP contribution in [0.1, 0.15) is 0 Å². The first-order valence-electron chi connectivity index (χ1n) is 4.86. The number of nitro groups is 1. The number of non-ortho nitro benzene ring substituents is 1. The van der Waals surface area contributed by atoms with Gasteiger partial charge in [-0.3, -0.25) is 10.1 Å². The van der Waals surface area contributed by atoms with Crippen molar-refractivity contribution in [3.05, 3.63) is 58.6 Å². The fourth-order valence-corrected chi connectivity index (χ4v) is 2.27. The number of phenols is 1. The van der Waals surface area contributed by atoms with Crippen LogP contribution in [0, 0.1) is 10.1 Å². The van der Waals surface area contributed by atoms with Crippen LogP contribution in [-0.4, -0.2) is 10.0 Å². The highest BCUT2D eigenvalue weighted by molar-refractivity contribution is 7.99. The fraction of sp³-hybridized carbons (Fsp3) is 0. The maximum atomic E-state index is 10.6. The lowest BCUT2D eigenvalue weighted by atomic mass is 10.3. The van der Waals surface area contributed by atoms with Crippen LogP contribution in [-0.2, 0) is 0 Å². The van der Waals surface area contributed by atoms with Crippen LogP contribution in [0.3, 0.4) is 0 Å². The molecule has 0 aliphatic rings. The van der Waals surface area contributed by atoms with Crippen LogP contribution in [0.4, 0.5) is 5.69 Å². The van der Waals surface area contributed by atoms with Gasteiger partial charge in [-0.05, 0) is 24.3 Å². The summed E-state index contributed by atoms with van der Waals surface area (Å²) >= 11 is 1.37. The Balaban J connectivity index is 2.24. The molecule has 0 atom stereocenters. The Hall–Kier alpha value is -2.01. The van der Waals surface area contributed by atoms with Crippen LogP contribution >= 0.6 is 11.8 Å². The molecule has 0 unspecified atom stereocenters.